The number of hydrogen-bond donors (Lipinski definition) is 1. The van der Waals surface area contributed by atoms with Crippen LogP contribution in [0.5, 0.6) is 0 Å². The summed E-state index contributed by atoms with van der Waals surface area (Å²) in [6.07, 6.45) is 11.6. The number of carbonyl (C=O) groups is 3. The molecule has 1 unspecified atom stereocenters. The maximum Gasteiger partial charge on any atom is 0.311 e. The van der Waals surface area contributed by atoms with Gasteiger partial charge < -0.3 is 19.6 Å². The van der Waals surface area contributed by atoms with Crippen molar-refractivity contribution in [2.75, 3.05) is 19.8 Å². The average Bonchev–Trinajstić information content (AvgIpc) is 3.28. The lowest BCUT2D eigenvalue weighted by Gasteiger charge is -2.45. The van der Waals surface area contributed by atoms with E-state index in [1.807, 2.05) is 47.4 Å². The van der Waals surface area contributed by atoms with Crippen molar-refractivity contribution in [3.05, 3.63) is 60.2 Å². The molecule has 1 aromatic rings. The highest BCUT2D eigenvalue weighted by Gasteiger charge is 2.72. The average molecular weight is 581 g/mol. The lowest BCUT2D eigenvalue weighted by Crippen LogP contribution is -2.59. The fraction of sp³-hybridized carbons (Fsp3) is 0.606. The standard InChI is InChI=1S/C33H44N2O5S/c1-31(2,3)21-32(4,5)34-18-13-17-33-26(25-24(41-33)16-11-6-7-12-19-40-30(25)39)28(37)35(27(33)29(34)38)23(20-36)22-14-9-8-10-15-22/h8-11,13-17,23-27,36H,6-7,12,18-21H2,1-5H3/b16-11-/t23-,24-,25+,26+,27?,33+/m1/s1. The Balaban J connectivity index is 1.66. The maximum atomic E-state index is 14.9. The first-order valence-corrected chi connectivity index (χ1v) is 15.8. The molecule has 1 spiro atoms. The smallest absolute Gasteiger partial charge is 0.311 e. The van der Waals surface area contributed by atoms with Crippen LogP contribution in [0.25, 0.3) is 0 Å². The quantitative estimate of drug-likeness (QED) is 0.393. The number of allylic oxidation sites excluding steroid dienone is 1. The van der Waals surface area contributed by atoms with Crippen molar-refractivity contribution >= 4 is 29.5 Å². The highest BCUT2D eigenvalue weighted by Crippen LogP contribution is 2.62. The fourth-order valence-electron chi connectivity index (χ4n) is 7.66. The number of amides is 2. The van der Waals surface area contributed by atoms with Crippen LogP contribution in [0.1, 0.15) is 71.9 Å². The molecule has 2 fully saturated rings. The molecule has 1 aromatic carbocycles. The van der Waals surface area contributed by atoms with Crippen LogP contribution in [0.2, 0.25) is 0 Å². The van der Waals surface area contributed by atoms with Gasteiger partial charge in [0.25, 0.3) is 0 Å². The number of esters is 1. The largest absolute Gasteiger partial charge is 0.465 e. The summed E-state index contributed by atoms with van der Waals surface area (Å²) in [5.74, 6) is -2.27. The second kappa shape index (κ2) is 11.3. The Morgan fingerprint density at radius 2 is 1.78 bits per heavy atom. The predicted molar refractivity (Wildman–Crippen MR) is 161 cm³/mol. The number of fused-ring (bicyclic) bond motifs is 2. The Hall–Kier alpha value is -2.58. The van der Waals surface area contributed by atoms with Crippen LogP contribution >= 0.6 is 11.8 Å². The van der Waals surface area contributed by atoms with Crippen LogP contribution < -0.4 is 0 Å². The second-order valence-electron chi connectivity index (χ2n) is 13.7. The number of hydrogen-bond acceptors (Lipinski definition) is 6. The molecule has 0 aromatic heterocycles. The zero-order valence-corrected chi connectivity index (χ0v) is 25.7. The van der Waals surface area contributed by atoms with E-state index in [1.165, 1.54) is 0 Å². The van der Waals surface area contributed by atoms with Gasteiger partial charge in [-0.3, -0.25) is 14.4 Å². The minimum absolute atomic E-state index is 0.0258. The van der Waals surface area contributed by atoms with E-state index in [1.54, 1.807) is 16.7 Å². The molecule has 4 heterocycles. The molecule has 5 rings (SSSR count). The van der Waals surface area contributed by atoms with Gasteiger partial charge in [-0.25, -0.2) is 0 Å². The molecule has 4 aliphatic heterocycles. The zero-order valence-electron chi connectivity index (χ0n) is 24.9. The van der Waals surface area contributed by atoms with Crippen molar-refractivity contribution in [3.63, 3.8) is 0 Å². The monoisotopic (exact) mass is 580 g/mol. The summed E-state index contributed by atoms with van der Waals surface area (Å²) >= 11 is 1.55. The molecule has 0 aliphatic carbocycles. The van der Waals surface area contributed by atoms with Crippen molar-refractivity contribution in [1.29, 1.82) is 0 Å². The Morgan fingerprint density at radius 3 is 2.46 bits per heavy atom. The first kappa shape index (κ1) is 29.9. The van der Waals surface area contributed by atoms with Crippen molar-refractivity contribution in [1.82, 2.24) is 9.80 Å². The van der Waals surface area contributed by atoms with Gasteiger partial charge >= 0.3 is 5.97 Å². The number of rotatable bonds is 5. The van der Waals surface area contributed by atoms with Gasteiger partial charge in [-0.1, -0.05) is 75.4 Å². The van der Waals surface area contributed by atoms with Crippen LogP contribution in [0, 0.1) is 17.3 Å². The molecule has 8 heteroatoms. The number of nitrogens with zero attached hydrogens (tertiary/aromatic N) is 2. The summed E-state index contributed by atoms with van der Waals surface area (Å²) in [6.45, 7) is 11.1. The number of likely N-dealkylation sites (tertiary alicyclic amines) is 1. The molecule has 2 saturated heterocycles. The van der Waals surface area contributed by atoms with Crippen LogP contribution in [-0.4, -0.2) is 74.0 Å². The predicted octanol–water partition coefficient (Wildman–Crippen LogP) is 4.91. The molecule has 0 bridgehead atoms. The van der Waals surface area contributed by atoms with Crippen LogP contribution in [0.3, 0.4) is 0 Å². The molecule has 41 heavy (non-hydrogen) atoms. The molecule has 7 nitrogen and oxygen atoms in total. The normalized spacial score (nSPS) is 32.1. The zero-order chi connectivity index (χ0) is 29.6. The minimum atomic E-state index is -0.963. The SMILES string of the molecule is CC(C)(C)CC(C)(C)N1CC=C[C@]23S[C@@H]4/C=C\CCCCOC(=O)[C@@H]4[C@H]2C(=O)N([C@H](CO)c2ccccc2)C3C1=O. The highest BCUT2D eigenvalue weighted by molar-refractivity contribution is 8.02. The third-order valence-electron chi connectivity index (χ3n) is 8.93. The minimum Gasteiger partial charge on any atom is -0.465 e. The third-order valence-corrected chi connectivity index (χ3v) is 10.7. The number of ether oxygens (including phenoxy) is 1. The first-order valence-electron chi connectivity index (χ1n) is 14.9. The van der Waals surface area contributed by atoms with Crippen LogP contribution in [0.15, 0.2) is 54.6 Å². The number of aliphatic hydroxyl groups excluding tert-OH is 1. The Labute approximate surface area is 248 Å². The third kappa shape index (κ3) is 5.38. The van der Waals surface area contributed by atoms with Gasteiger partial charge in [0.15, 0.2) is 0 Å². The van der Waals surface area contributed by atoms with Crippen molar-refractivity contribution in [2.24, 2.45) is 17.3 Å². The van der Waals surface area contributed by atoms with E-state index < -0.39 is 34.2 Å². The summed E-state index contributed by atoms with van der Waals surface area (Å²) in [5.41, 5.74) is 0.246. The summed E-state index contributed by atoms with van der Waals surface area (Å²) in [5, 5.41) is 10.5. The number of aliphatic hydroxyl groups is 1. The van der Waals surface area contributed by atoms with Crippen molar-refractivity contribution in [3.8, 4) is 0 Å². The van der Waals surface area contributed by atoms with E-state index >= 15 is 0 Å². The van der Waals surface area contributed by atoms with E-state index in [-0.39, 0.29) is 35.1 Å². The molecule has 4 aliphatic rings. The molecular weight excluding hydrogens is 536 g/mol. The van der Waals surface area contributed by atoms with Gasteiger partial charge in [0.1, 0.15) is 6.04 Å². The molecule has 1 N–H and O–H groups in total. The Bertz CT molecular complexity index is 1220. The molecule has 0 saturated carbocycles. The molecular formula is C33H44N2O5S. The summed E-state index contributed by atoms with van der Waals surface area (Å²) in [6, 6.07) is 7.80. The summed E-state index contributed by atoms with van der Waals surface area (Å²) < 4.78 is 4.77. The Kier molecular flexibility index (Phi) is 8.20. The topological polar surface area (TPSA) is 87.2 Å². The van der Waals surface area contributed by atoms with Gasteiger partial charge in [0.05, 0.1) is 35.8 Å². The van der Waals surface area contributed by atoms with Gasteiger partial charge in [0, 0.05) is 17.3 Å². The van der Waals surface area contributed by atoms with E-state index in [0.29, 0.717) is 13.2 Å². The van der Waals surface area contributed by atoms with E-state index in [9.17, 15) is 19.5 Å². The number of thioether (sulfide) groups is 1. The van der Waals surface area contributed by atoms with Crippen molar-refractivity contribution < 1.29 is 24.2 Å². The molecule has 2 amide bonds. The first-order chi connectivity index (χ1) is 19.4. The van der Waals surface area contributed by atoms with E-state index in [0.717, 1.165) is 31.2 Å². The van der Waals surface area contributed by atoms with Crippen molar-refractivity contribution in [2.45, 2.75) is 87.9 Å². The van der Waals surface area contributed by atoms with Gasteiger partial charge in [-0.2, -0.15) is 0 Å². The second-order valence-corrected chi connectivity index (χ2v) is 15.2. The van der Waals surface area contributed by atoms with E-state index in [2.05, 4.69) is 46.8 Å². The number of cyclic esters (lactones) is 1. The fourth-order valence-corrected chi connectivity index (χ4v) is 9.65. The maximum absolute atomic E-state index is 14.9. The van der Waals surface area contributed by atoms with Crippen LogP contribution in [-0.2, 0) is 19.1 Å². The molecule has 6 atom stereocenters. The van der Waals surface area contributed by atoms with Crippen LogP contribution in [0.4, 0.5) is 0 Å². The number of carbonyl (C=O) groups excluding carboxylic acids is 3. The van der Waals surface area contributed by atoms with Gasteiger partial charge in [-0.15, -0.1) is 11.8 Å². The summed E-state index contributed by atoms with van der Waals surface area (Å²) in [7, 11) is 0. The number of benzene rings is 1. The van der Waals surface area contributed by atoms with E-state index in [4.69, 9.17) is 4.74 Å². The highest BCUT2D eigenvalue weighted by atomic mass is 32.2. The lowest BCUT2D eigenvalue weighted by atomic mass is 9.78. The molecule has 222 valence electrons. The van der Waals surface area contributed by atoms with Gasteiger partial charge in [-0.05, 0) is 50.5 Å². The lowest BCUT2D eigenvalue weighted by molar-refractivity contribution is -0.154. The molecule has 0 radical (unpaired) electrons. The van der Waals surface area contributed by atoms with Gasteiger partial charge in [0.2, 0.25) is 11.8 Å². The summed E-state index contributed by atoms with van der Waals surface area (Å²) in [4.78, 5) is 46.7. The Morgan fingerprint density at radius 1 is 1.05 bits per heavy atom.